The lowest BCUT2D eigenvalue weighted by Crippen LogP contribution is -2.26. The van der Waals surface area contributed by atoms with Crippen LogP contribution < -0.4 is 16.6 Å². The van der Waals surface area contributed by atoms with Gasteiger partial charge in [-0.2, -0.15) is 11.3 Å². The molecule has 1 atom stereocenters. The summed E-state index contributed by atoms with van der Waals surface area (Å²) in [6, 6.07) is 5.79. The molecule has 1 heterocycles. The minimum absolute atomic E-state index is 0.0934. The van der Waals surface area contributed by atoms with E-state index in [2.05, 4.69) is 10.7 Å². The van der Waals surface area contributed by atoms with E-state index in [0.29, 0.717) is 5.56 Å². The molecule has 0 saturated carbocycles. The summed E-state index contributed by atoms with van der Waals surface area (Å²) in [5, 5.41) is 17.5. The Labute approximate surface area is 124 Å². The highest BCUT2D eigenvalue weighted by Crippen LogP contribution is 2.25. The van der Waals surface area contributed by atoms with Gasteiger partial charge in [-0.05, 0) is 41.4 Å². The second-order valence-electron chi connectivity index (χ2n) is 4.39. The summed E-state index contributed by atoms with van der Waals surface area (Å²) in [5.41, 5.74) is 3.45. The summed E-state index contributed by atoms with van der Waals surface area (Å²) in [5.74, 6) is 4.93. The van der Waals surface area contributed by atoms with Crippen molar-refractivity contribution in [2.24, 2.45) is 5.84 Å². The molecule has 1 aromatic carbocycles. The van der Waals surface area contributed by atoms with Gasteiger partial charge in [0.25, 0.3) is 11.6 Å². The highest BCUT2D eigenvalue weighted by Gasteiger charge is 2.17. The smallest absolute Gasteiger partial charge is 0.293 e. The van der Waals surface area contributed by atoms with E-state index in [1.807, 2.05) is 23.8 Å². The third-order valence-electron chi connectivity index (χ3n) is 3.00. The van der Waals surface area contributed by atoms with Crippen LogP contribution in [0.3, 0.4) is 0 Å². The lowest BCUT2D eigenvalue weighted by molar-refractivity contribution is -0.384. The van der Waals surface area contributed by atoms with Gasteiger partial charge in [0.2, 0.25) is 0 Å². The second-order valence-corrected chi connectivity index (χ2v) is 5.17. The Balaban J connectivity index is 2.18. The van der Waals surface area contributed by atoms with Crippen LogP contribution in [0.1, 0.15) is 28.9 Å². The van der Waals surface area contributed by atoms with Crippen LogP contribution in [0.5, 0.6) is 0 Å². The Hall–Kier alpha value is -2.45. The maximum atomic E-state index is 12.2. The van der Waals surface area contributed by atoms with E-state index in [1.54, 1.807) is 11.3 Å². The van der Waals surface area contributed by atoms with E-state index in [-0.39, 0.29) is 23.3 Å². The minimum atomic E-state index is -0.565. The molecule has 0 aliphatic heterocycles. The molecular weight excluding hydrogens is 292 g/mol. The topological polar surface area (TPSA) is 110 Å². The van der Waals surface area contributed by atoms with E-state index in [4.69, 9.17) is 5.84 Å². The number of nitro groups is 1. The zero-order valence-electron chi connectivity index (χ0n) is 11.2. The third-order valence-corrected chi connectivity index (χ3v) is 3.70. The van der Waals surface area contributed by atoms with Gasteiger partial charge >= 0.3 is 0 Å². The Morgan fingerprint density at radius 2 is 2.19 bits per heavy atom. The molecule has 7 nitrogen and oxygen atoms in total. The number of hydrogen-bond donors (Lipinski definition) is 3. The SMILES string of the molecule is CC(NC(=O)c1ccc([N+](=O)[O-])c(NN)c1)c1ccsc1. The lowest BCUT2D eigenvalue weighted by atomic mass is 10.1. The van der Waals surface area contributed by atoms with Crippen LogP contribution in [0.2, 0.25) is 0 Å². The molecule has 1 unspecified atom stereocenters. The number of carbonyl (C=O) groups excluding carboxylic acids is 1. The van der Waals surface area contributed by atoms with E-state index in [9.17, 15) is 14.9 Å². The third kappa shape index (κ3) is 3.36. The summed E-state index contributed by atoms with van der Waals surface area (Å²) in [6.45, 7) is 1.87. The molecule has 110 valence electrons. The number of nitrogens with two attached hydrogens (primary N) is 1. The van der Waals surface area contributed by atoms with Crippen LogP contribution in [0, 0.1) is 10.1 Å². The first-order valence-electron chi connectivity index (χ1n) is 6.11. The van der Waals surface area contributed by atoms with Crippen LogP contribution in [-0.4, -0.2) is 10.8 Å². The fourth-order valence-electron chi connectivity index (χ4n) is 1.84. The number of nitrogens with one attached hydrogen (secondary N) is 2. The number of benzene rings is 1. The van der Waals surface area contributed by atoms with Crippen LogP contribution >= 0.6 is 11.3 Å². The van der Waals surface area contributed by atoms with Crippen molar-refractivity contribution in [1.29, 1.82) is 0 Å². The monoisotopic (exact) mass is 306 g/mol. The van der Waals surface area contributed by atoms with Crippen molar-refractivity contribution in [3.05, 3.63) is 56.3 Å². The Kier molecular flexibility index (Phi) is 4.51. The molecule has 1 aromatic heterocycles. The van der Waals surface area contributed by atoms with Gasteiger partial charge in [-0.1, -0.05) is 0 Å². The quantitative estimate of drug-likeness (QED) is 0.446. The van der Waals surface area contributed by atoms with Crippen molar-refractivity contribution in [3.63, 3.8) is 0 Å². The van der Waals surface area contributed by atoms with Gasteiger partial charge in [-0.25, -0.2) is 0 Å². The first kappa shape index (κ1) is 14.9. The average Bonchev–Trinajstić information content (AvgIpc) is 3.00. The van der Waals surface area contributed by atoms with Gasteiger partial charge in [0, 0.05) is 11.6 Å². The molecule has 21 heavy (non-hydrogen) atoms. The van der Waals surface area contributed by atoms with Crippen LogP contribution in [0.4, 0.5) is 11.4 Å². The minimum Gasteiger partial charge on any atom is -0.345 e. The van der Waals surface area contributed by atoms with E-state index in [1.165, 1.54) is 18.2 Å². The molecule has 1 amide bonds. The summed E-state index contributed by atoms with van der Waals surface area (Å²) in [6.07, 6.45) is 0. The van der Waals surface area contributed by atoms with Crippen molar-refractivity contribution >= 4 is 28.6 Å². The van der Waals surface area contributed by atoms with Crippen molar-refractivity contribution in [2.45, 2.75) is 13.0 Å². The Bertz CT molecular complexity index is 657. The fraction of sp³-hybridized carbons (Fsp3) is 0.154. The standard InChI is InChI=1S/C13H14N4O3S/c1-8(10-4-5-21-7-10)15-13(18)9-2-3-12(17(19)20)11(6-9)16-14/h2-8,16H,14H2,1H3,(H,15,18). The van der Waals surface area contributed by atoms with Crippen molar-refractivity contribution in [3.8, 4) is 0 Å². The summed E-state index contributed by atoms with van der Waals surface area (Å²) in [7, 11) is 0. The number of nitrogen functional groups attached to an aromatic ring is 1. The molecule has 4 N–H and O–H groups in total. The number of anilines is 1. The lowest BCUT2D eigenvalue weighted by Gasteiger charge is -2.13. The highest BCUT2D eigenvalue weighted by molar-refractivity contribution is 7.07. The zero-order valence-corrected chi connectivity index (χ0v) is 12.0. The van der Waals surface area contributed by atoms with Crippen LogP contribution in [-0.2, 0) is 0 Å². The fourth-order valence-corrected chi connectivity index (χ4v) is 2.59. The number of carbonyl (C=O) groups is 1. The first-order valence-corrected chi connectivity index (χ1v) is 7.05. The summed E-state index contributed by atoms with van der Waals surface area (Å²) >= 11 is 1.55. The molecular formula is C13H14N4O3S. The summed E-state index contributed by atoms with van der Waals surface area (Å²) in [4.78, 5) is 22.4. The van der Waals surface area contributed by atoms with Gasteiger partial charge in [-0.3, -0.25) is 20.8 Å². The van der Waals surface area contributed by atoms with Crippen LogP contribution in [0.25, 0.3) is 0 Å². The van der Waals surface area contributed by atoms with E-state index in [0.717, 1.165) is 5.56 Å². The molecule has 2 aromatic rings. The van der Waals surface area contributed by atoms with Crippen molar-refractivity contribution in [1.82, 2.24) is 5.32 Å². The van der Waals surface area contributed by atoms with Gasteiger partial charge in [-0.15, -0.1) is 0 Å². The van der Waals surface area contributed by atoms with Gasteiger partial charge in [0.05, 0.1) is 11.0 Å². The molecule has 0 spiro atoms. The molecule has 0 aliphatic carbocycles. The molecule has 0 aliphatic rings. The normalized spacial score (nSPS) is 11.7. The molecule has 8 heteroatoms. The first-order chi connectivity index (χ1) is 10.0. The molecule has 0 bridgehead atoms. The second kappa shape index (κ2) is 6.33. The Morgan fingerprint density at radius 1 is 1.43 bits per heavy atom. The number of amides is 1. The van der Waals surface area contributed by atoms with E-state index >= 15 is 0 Å². The number of hydrogen-bond acceptors (Lipinski definition) is 6. The van der Waals surface area contributed by atoms with Crippen LogP contribution in [0.15, 0.2) is 35.0 Å². The Morgan fingerprint density at radius 3 is 2.76 bits per heavy atom. The van der Waals surface area contributed by atoms with Gasteiger partial charge in [0.1, 0.15) is 5.69 Å². The molecule has 0 fully saturated rings. The number of rotatable bonds is 5. The molecule has 0 saturated heterocycles. The number of nitrogens with zero attached hydrogens (tertiary/aromatic N) is 1. The van der Waals surface area contributed by atoms with E-state index < -0.39 is 4.92 Å². The number of thiophene rings is 1. The largest absolute Gasteiger partial charge is 0.345 e. The predicted octanol–water partition coefficient (Wildman–Crippen LogP) is 2.43. The van der Waals surface area contributed by atoms with Gasteiger partial charge in [0.15, 0.2) is 0 Å². The average molecular weight is 306 g/mol. The molecule has 2 rings (SSSR count). The number of hydrazine groups is 1. The number of nitro benzene ring substituents is 1. The summed E-state index contributed by atoms with van der Waals surface area (Å²) < 4.78 is 0. The van der Waals surface area contributed by atoms with Crippen molar-refractivity contribution in [2.75, 3.05) is 5.43 Å². The maximum Gasteiger partial charge on any atom is 0.293 e. The maximum absolute atomic E-state index is 12.2. The van der Waals surface area contributed by atoms with Crippen molar-refractivity contribution < 1.29 is 9.72 Å². The van der Waals surface area contributed by atoms with Gasteiger partial charge < -0.3 is 10.7 Å². The highest BCUT2D eigenvalue weighted by atomic mass is 32.1. The zero-order chi connectivity index (χ0) is 15.4. The predicted molar refractivity (Wildman–Crippen MR) is 81.1 cm³/mol. The molecule has 0 radical (unpaired) electrons.